The minimum Gasteiger partial charge on any atom is -0.364 e. The number of para-hydroxylation sites is 1. The van der Waals surface area contributed by atoms with Crippen molar-refractivity contribution in [3.63, 3.8) is 0 Å². The van der Waals surface area contributed by atoms with Crippen molar-refractivity contribution < 1.29 is 0 Å². The van der Waals surface area contributed by atoms with Crippen LogP contribution in [0.15, 0.2) is 247 Å². The highest BCUT2D eigenvalue weighted by Gasteiger charge is 2.20. The van der Waals surface area contributed by atoms with Gasteiger partial charge in [-0.1, -0.05) is 78.9 Å². The molecular weight excluding hydrogens is 805 g/mol. The van der Waals surface area contributed by atoms with E-state index in [4.69, 9.17) is 0 Å². The summed E-state index contributed by atoms with van der Waals surface area (Å²) in [6, 6.07) is 52.4. The average molecular weight is 869 g/mol. The van der Waals surface area contributed by atoms with Crippen LogP contribution < -0.4 is 29.4 Å². The van der Waals surface area contributed by atoms with Gasteiger partial charge in [-0.25, -0.2) is 0 Å². The Bertz CT molecular complexity index is 2360. The maximum Gasteiger partial charge on any atom is 0.0540 e. The van der Waals surface area contributed by atoms with Crippen LogP contribution in [-0.4, -0.2) is 52.4 Å². The first-order valence-electron chi connectivity index (χ1n) is 22.5. The third kappa shape index (κ3) is 11.6. The van der Waals surface area contributed by atoms with Crippen LogP contribution in [0.4, 0.5) is 56.9 Å². The van der Waals surface area contributed by atoms with Crippen LogP contribution in [0, 0.1) is 0 Å². The van der Waals surface area contributed by atoms with Gasteiger partial charge >= 0.3 is 0 Å². The van der Waals surface area contributed by atoms with Crippen LogP contribution >= 0.6 is 0 Å². The minimum atomic E-state index is 0.726. The number of anilines is 10. The molecule has 0 amide bonds. The molecule has 6 aromatic rings. The Morgan fingerprint density at radius 3 is 0.758 bits per heavy atom. The molecule has 6 heteroatoms. The van der Waals surface area contributed by atoms with Crippen molar-refractivity contribution in [2.45, 2.75) is 0 Å². The van der Waals surface area contributed by atoms with Crippen LogP contribution in [0.1, 0.15) is 0 Å². The summed E-state index contributed by atoms with van der Waals surface area (Å²) in [4.78, 5) is 13.6. The van der Waals surface area contributed by atoms with E-state index >= 15 is 0 Å². The zero-order chi connectivity index (χ0) is 46.7. The highest BCUT2D eigenvalue weighted by molar-refractivity contribution is 5.89. The van der Waals surface area contributed by atoms with Crippen molar-refractivity contribution in [3.8, 4) is 11.1 Å². The fourth-order valence-corrected chi connectivity index (χ4v) is 8.22. The van der Waals surface area contributed by atoms with Gasteiger partial charge in [0.15, 0.2) is 0 Å². The van der Waals surface area contributed by atoms with Gasteiger partial charge in [-0.3, -0.25) is 0 Å². The van der Waals surface area contributed by atoms with Crippen LogP contribution in [0.2, 0.25) is 0 Å². The largest absolute Gasteiger partial charge is 0.364 e. The number of hydrogen-bond donors (Lipinski definition) is 0. The van der Waals surface area contributed by atoms with Crippen LogP contribution in [0.3, 0.4) is 0 Å². The van der Waals surface area contributed by atoms with Gasteiger partial charge in [-0.05, 0) is 121 Å². The van der Waals surface area contributed by atoms with Gasteiger partial charge in [-0.15, -0.1) is 52.6 Å². The first-order chi connectivity index (χ1) is 32.4. The van der Waals surface area contributed by atoms with Crippen molar-refractivity contribution in [1.82, 2.24) is 0 Å². The second-order valence-corrected chi connectivity index (χ2v) is 15.7. The second-order valence-electron chi connectivity index (χ2n) is 15.7. The van der Waals surface area contributed by atoms with E-state index in [1.54, 1.807) is 0 Å². The molecule has 0 N–H and O–H groups in total. The summed E-state index contributed by atoms with van der Waals surface area (Å²) in [5.41, 5.74) is 12.9. The molecule has 6 rings (SSSR count). The lowest BCUT2D eigenvalue weighted by Crippen LogP contribution is -2.23. The summed E-state index contributed by atoms with van der Waals surface area (Å²) in [7, 11) is 0. The fourth-order valence-electron chi connectivity index (χ4n) is 8.22. The third-order valence-electron chi connectivity index (χ3n) is 11.3. The van der Waals surface area contributed by atoms with E-state index in [-0.39, 0.29) is 0 Å². The Morgan fingerprint density at radius 1 is 0.258 bits per heavy atom. The molecule has 0 saturated heterocycles. The first-order valence-corrected chi connectivity index (χ1v) is 22.5. The van der Waals surface area contributed by atoms with E-state index in [9.17, 15) is 0 Å². The molecule has 0 atom stereocenters. The highest BCUT2D eigenvalue weighted by atomic mass is 15.2. The lowest BCUT2D eigenvalue weighted by molar-refractivity contribution is 0.956. The highest BCUT2D eigenvalue weighted by Crippen LogP contribution is 2.43. The molecule has 0 unspecified atom stereocenters. The van der Waals surface area contributed by atoms with E-state index < -0.39 is 0 Å². The Morgan fingerprint density at radius 2 is 0.485 bits per heavy atom. The Labute approximate surface area is 395 Å². The molecule has 6 aromatic carbocycles. The standard InChI is InChI=1S/C60H64N6/c1-9-41-61(42-10-2)50-25-33-55(34-26-50)65(56-35-27-51(28-36-56)62(43-11-3)44-12-4)54-23-21-49(22-24-54)59-19-17-18-20-60(59)66(57-37-29-52(30-38-57)63(45-13-5)46-14-6)58-39-31-53(32-40-58)64(47-15-7)48-16-8/h9-40H,1-8,41-48H2. The zero-order valence-electron chi connectivity index (χ0n) is 38.5. The summed E-state index contributed by atoms with van der Waals surface area (Å²) < 4.78 is 0. The second kappa shape index (κ2) is 24.2. The van der Waals surface area contributed by atoms with Gasteiger partial charge in [0, 0.05) is 109 Å². The molecular formula is C60H64N6. The fraction of sp³-hybridized carbons (Fsp3) is 0.133. The lowest BCUT2D eigenvalue weighted by atomic mass is 10.0. The zero-order valence-corrected chi connectivity index (χ0v) is 38.5. The van der Waals surface area contributed by atoms with E-state index in [1.165, 1.54) is 0 Å². The SMILES string of the molecule is C=CCN(CC=C)c1ccc(N(c2ccc(-c3ccccc3N(c3ccc(N(CC=C)CC=C)cc3)c3ccc(N(CC=C)CC=C)cc3)cc2)c2ccc(N(CC=C)CC=C)cc2)cc1. The molecule has 0 radical (unpaired) electrons. The van der Waals surface area contributed by atoms with E-state index in [0.717, 1.165) is 120 Å². The van der Waals surface area contributed by atoms with E-state index in [0.29, 0.717) is 0 Å². The number of benzene rings is 6. The topological polar surface area (TPSA) is 19.4 Å². The van der Waals surface area contributed by atoms with Crippen molar-refractivity contribution >= 4 is 56.9 Å². The molecule has 0 aliphatic rings. The molecule has 0 heterocycles. The number of nitrogens with zero attached hydrogens (tertiary/aromatic N) is 6. The normalized spacial score (nSPS) is 10.5. The van der Waals surface area contributed by atoms with Crippen molar-refractivity contribution in [3.05, 3.63) is 247 Å². The van der Waals surface area contributed by atoms with Crippen LogP contribution in [0.5, 0.6) is 0 Å². The smallest absolute Gasteiger partial charge is 0.0540 e. The number of rotatable bonds is 27. The molecule has 0 aliphatic carbocycles. The summed E-state index contributed by atoms with van der Waals surface area (Å²) >= 11 is 0. The molecule has 0 aromatic heterocycles. The van der Waals surface area contributed by atoms with Gasteiger partial charge in [0.1, 0.15) is 0 Å². The summed E-state index contributed by atoms with van der Waals surface area (Å²) in [6.45, 7) is 37.7. The quantitative estimate of drug-likeness (QED) is 0.0477. The monoisotopic (exact) mass is 869 g/mol. The van der Waals surface area contributed by atoms with Crippen molar-refractivity contribution in [2.75, 3.05) is 81.8 Å². The predicted octanol–water partition coefficient (Wildman–Crippen LogP) is 15.0. The maximum atomic E-state index is 3.99. The van der Waals surface area contributed by atoms with E-state index in [1.807, 2.05) is 48.6 Å². The van der Waals surface area contributed by atoms with Gasteiger partial charge in [0.2, 0.25) is 0 Å². The van der Waals surface area contributed by atoms with Gasteiger partial charge < -0.3 is 29.4 Å². The molecule has 0 aliphatic heterocycles. The predicted molar refractivity (Wildman–Crippen MR) is 292 cm³/mol. The minimum absolute atomic E-state index is 0.726. The molecule has 0 spiro atoms. The van der Waals surface area contributed by atoms with Gasteiger partial charge in [-0.2, -0.15) is 0 Å². The lowest BCUT2D eigenvalue weighted by Gasteiger charge is -2.30. The van der Waals surface area contributed by atoms with Crippen molar-refractivity contribution in [1.29, 1.82) is 0 Å². The maximum absolute atomic E-state index is 3.99. The summed E-state index contributed by atoms with van der Waals surface area (Å²) in [5.74, 6) is 0. The van der Waals surface area contributed by atoms with Gasteiger partial charge in [0.05, 0.1) is 5.69 Å². The molecule has 66 heavy (non-hydrogen) atoms. The molecule has 0 bridgehead atoms. The van der Waals surface area contributed by atoms with E-state index in [2.05, 4.69) is 228 Å². The van der Waals surface area contributed by atoms with Gasteiger partial charge in [0.25, 0.3) is 0 Å². The summed E-state index contributed by atoms with van der Waals surface area (Å²) in [5, 5.41) is 0. The Hall–Kier alpha value is -7.96. The van der Waals surface area contributed by atoms with Crippen LogP contribution in [-0.2, 0) is 0 Å². The third-order valence-corrected chi connectivity index (χ3v) is 11.3. The molecule has 0 fully saturated rings. The molecule has 0 saturated carbocycles. The Balaban J connectivity index is 1.43. The van der Waals surface area contributed by atoms with Crippen molar-refractivity contribution in [2.24, 2.45) is 0 Å². The number of hydrogen-bond acceptors (Lipinski definition) is 6. The summed E-state index contributed by atoms with van der Waals surface area (Å²) in [6.07, 6.45) is 15.4. The molecule has 6 nitrogen and oxygen atoms in total. The van der Waals surface area contributed by atoms with Crippen LogP contribution in [0.25, 0.3) is 11.1 Å². The average Bonchev–Trinajstić information content (AvgIpc) is 3.35. The Kier molecular flexibility index (Phi) is 17.4. The molecule has 334 valence electrons. The first kappa shape index (κ1) is 47.5.